The van der Waals surface area contributed by atoms with Crippen molar-refractivity contribution in [3.05, 3.63) is 29.8 Å². The van der Waals surface area contributed by atoms with Crippen molar-refractivity contribution in [2.45, 2.75) is 24.8 Å². The summed E-state index contributed by atoms with van der Waals surface area (Å²) in [5.74, 6) is -1.80. The predicted octanol–water partition coefficient (Wildman–Crippen LogP) is 2.76. The van der Waals surface area contributed by atoms with Crippen molar-refractivity contribution in [1.29, 1.82) is 0 Å². The van der Waals surface area contributed by atoms with Gasteiger partial charge in [0.25, 0.3) is 5.92 Å². The number of methoxy groups -OCH3 is 1. The highest BCUT2D eigenvalue weighted by Crippen LogP contribution is 2.32. The summed E-state index contributed by atoms with van der Waals surface area (Å²) in [6, 6.07) is 7.56. The van der Waals surface area contributed by atoms with E-state index in [1.165, 1.54) is 0 Å². The van der Waals surface area contributed by atoms with Crippen LogP contribution in [-0.2, 0) is 0 Å². The van der Waals surface area contributed by atoms with Gasteiger partial charge in [0.15, 0.2) is 0 Å². The standard InChI is InChI=1S/C12H15F2NO/c1-16-10-4-2-3-9(7-10)11-5-6-12(13,14)8-15-11/h2-4,7,11,15H,5-6,8H2,1H3. The second-order valence-electron chi connectivity index (χ2n) is 4.10. The molecule has 1 atom stereocenters. The van der Waals surface area contributed by atoms with E-state index in [-0.39, 0.29) is 19.0 Å². The molecular weight excluding hydrogens is 212 g/mol. The lowest BCUT2D eigenvalue weighted by Crippen LogP contribution is -2.40. The minimum absolute atomic E-state index is 0.00900. The van der Waals surface area contributed by atoms with E-state index in [1.54, 1.807) is 7.11 Å². The van der Waals surface area contributed by atoms with Crippen LogP contribution >= 0.6 is 0 Å². The highest BCUT2D eigenvalue weighted by Gasteiger charge is 2.35. The van der Waals surface area contributed by atoms with Crippen LogP contribution in [0, 0.1) is 0 Å². The van der Waals surface area contributed by atoms with Gasteiger partial charge < -0.3 is 10.1 Å². The summed E-state index contributed by atoms with van der Waals surface area (Å²) in [7, 11) is 1.60. The molecule has 4 heteroatoms. The molecule has 2 rings (SSSR count). The summed E-state index contributed by atoms with van der Waals surface area (Å²) in [6.07, 6.45) is 0.405. The summed E-state index contributed by atoms with van der Waals surface area (Å²) in [4.78, 5) is 0. The molecule has 1 aromatic rings. The first-order valence-corrected chi connectivity index (χ1v) is 5.36. The van der Waals surface area contributed by atoms with Crippen molar-refractivity contribution in [2.75, 3.05) is 13.7 Å². The highest BCUT2D eigenvalue weighted by atomic mass is 19.3. The summed E-state index contributed by atoms with van der Waals surface area (Å²) in [6.45, 7) is -0.241. The van der Waals surface area contributed by atoms with Crippen LogP contribution in [0.3, 0.4) is 0 Å². The van der Waals surface area contributed by atoms with Crippen molar-refractivity contribution in [2.24, 2.45) is 0 Å². The fourth-order valence-corrected chi connectivity index (χ4v) is 1.96. The highest BCUT2D eigenvalue weighted by molar-refractivity contribution is 5.30. The van der Waals surface area contributed by atoms with Crippen molar-refractivity contribution < 1.29 is 13.5 Å². The molecule has 0 amide bonds. The number of piperidine rings is 1. The van der Waals surface area contributed by atoms with Crippen LogP contribution in [0.4, 0.5) is 8.78 Å². The molecule has 1 fully saturated rings. The minimum Gasteiger partial charge on any atom is -0.497 e. The first-order chi connectivity index (χ1) is 7.61. The minimum atomic E-state index is -2.56. The molecule has 1 saturated heterocycles. The maximum Gasteiger partial charge on any atom is 0.260 e. The molecule has 1 aliphatic heterocycles. The summed E-state index contributed by atoms with van der Waals surface area (Å²) in [5, 5.41) is 2.87. The molecule has 0 radical (unpaired) electrons. The van der Waals surface area contributed by atoms with E-state index < -0.39 is 5.92 Å². The van der Waals surface area contributed by atoms with Crippen LogP contribution in [0.5, 0.6) is 5.75 Å². The lowest BCUT2D eigenvalue weighted by Gasteiger charge is -2.30. The van der Waals surface area contributed by atoms with E-state index in [0.29, 0.717) is 6.42 Å². The van der Waals surface area contributed by atoms with Gasteiger partial charge in [-0.05, 0) is 24.1 Å². The first-order valence-electron chi connectivity index (χ1n) is 5.36. The second kappa shape index (κ2) is 4.37. The predicted molar refractivity (Wildman–Crippen MR) is 57.9 cm³/mol. The molecule has 1 heterocycles. The number of hydrogen-bond donors (Lipinski definition) is 1. The third-order valence-electron chi connectivity index (χ3n) is 2.90. The molecule has 0 aromatic heterocycles. The van der Waals surface area contributed by atoms with Gasteiger partial charge in [0, 0.05) is 12.5 Å². The molecule has 1 unspecified atom stereocenters. The smallest absolute Gasteiger partial charge is 0.260 e. The van der Waals surface area contributed by atoms with Gasteiger partial charge >= 0.3 is 0 Å². The van der Waals surface area contributed by atoms with Gasteiger partial charge in [-0.25, -0.2) is 8.78 Å². The Morgan fingerprint density at radius 1 is 1.44 bits per heavy atom. The lowest BCUT2D eigenvalue weighted by molar-refractivity contribution is -0.0303. The van der Waals surface area contributed by atoms with Gasteiger partial charge in [-0.2, -0.15) is 0 Å². The zero-order chi connectivity index (χ0) is 11.6. The van der Waals surface area contributed by atoms with Crippen molar-refractivity contribution >= 4 is 0 Å². The SMILES string of the molecule is COc1cccc(C2CCC(F)(F)CN2)c1. The van der Waals surface area contributed by atoms with Crippen LogP contribution in [0.1, 0.15) is 24.4 Å². The third kappa shape index (κ3) is 2.50. The third-order valence-corrected chi connectivity index (χ3v) is 2.90. The molecule has 0 bridgehead atoms. The van der Waals surface area contributed by atoms with E-state index in [4.69, 9.17) is 4.74 Å². The molecule has 0 spiro atoms. The average molecular weight is 227 g/mol. The molecule has 1 aromatic carbocycles. The van der Waals surface area contributed by atoms with E-state index in [1.807, 2.05) is 24.3 Å². The molecule has 2 nitrogen and oxygen atoms in total. The summed E-state index contributed by atoms with van der Waals surface area (Å²) in [5.41, 5.74) is 1.01. The Balaban J connectivity index is 2.08. The molecule has 1 aliphatic rings. The van der Waals surface area contributed by atoms with Gasteiger partial charge in [0.2, 0.25) is 0 Å². The van der Waals surface area contributed by atoms with Crippen molar-refractivity contribution in [3.63, 3.8) is 0 Å². The number of ether oxygens (including phenoxy) is 1. The monoisotopic (exact) mass is 227 g/mol. The van der Waals surface area contributed by atoms with Gasteiger partial charge in [0.05, 0.1) is 13.7 Å². The fraction of sp³-hybridized carbons (Fsp3) is 0.500. The maximum absolute atomic E-state index is 13.0. The van der Waals surface area contributed by atoms with Gasteiger partial charge in [-0.3, -0.25) is 0 Å². The Hall–Kier alpha value is -1.16. The van der Waals surface area contributed by atoms with E-state index in [2.05, 4.69) is 5.32 Å². The largest absolute Gasteiger partial charge is 0.497 e. The Kier molecular flexibility index (Phi) is 3.10. The summed E-state index contributed by atoms with van der Waals surface area (Å²) >= 11 is 0. The first kappa shape index (κ1) is 11.3. The number of benzene rings is 1. The van der Waals surface area contributed by atoms with Gasteiger partial charge in [-0.15, -0.1) is 0 Å². The maximum atomic E-state index is 13.0. The number of nitrogens with one attached hydrogen (secondary N) is 1. The van der Waals surface area contributed by atoms with Gasteiger partial charge in [-0.1, -0.05) is 12.1 Å². The lowest BCUT2D eigenvalue weighted by atomic mass is 9.95. The number of hydrogen-bond acceptors (Lipinski definition) is 2. The van der Waals surface area contributed by atoms with Crippen LogP contribution in [0.15, 0.2) is 24.3 Å². The van der Waals surface area contributed by atoms with E-state index in [9.17, 15) is 8.78 Å². The fourth-order valence-electron chi connectivity index (χ4n) is 1.96. The van der Waals surface area contributed by atoms with Crippen molar-refractivity contribution in [1.82, 2.24) is 5.32 Å². The molecule has 0 saturated carbocycles. The van der Waals surface area contributed by atoms with Crippen LogP contribution in [0.2, 0.25) is 0 Å². The second-order valence-corrected chi connectivity index (χ2v) is 4.10. The number of alkyl halides is 2. The van der Waals surface area contributed by atoms with E-state index >= 15 is 0 Å². The molecule has 16 heavy (non-hydrogen) atoms. The zero-order valence-electron chi connectivity index (χ0n) is 9.17. The number of rotatable bonds is 2. The van der Waals surface area contributed by atoms with Gasteiger partial charge in [0.1, 0.15) is 5.75 Å². The Morgan fingerprint density at radius 3 is 2.88 bits per heavy atom. The van der Waals surface area contributed by atoms with Crippen LogP contribution in [-0.4, -0.2) is 19.6 Å². The Labute approximate surface area is 93.6 Å². The molecule has 0 aliphatic carbocycles. The number of halogens is 2. The van der Waals surface area contributed by atoms with Crippen LogP contribution < -0.4 is 10.1 Å². The van der Waals surface area contributed by atoms with Crippen LogP contribution in [0.25, 0.3) is 0 Å². The topological polar surface area (TPSA) is 21.3 Å². The quantitative estimate of drug-likeness (QED) is 0.838. The zero-order valence-corrected chi connectivity index (χ0v) is 9.17. The van der Waals surface area contributed by atoms with Crippen molar-refractivity contribution in [3.8, 4) is 5.75 Å². The normalized spacial score (nSPS) is 24.1. The van der Waals surface area contributed by atoms with E-state index in [0.717, 1.165) is 11.3 Å². The molecule has 1 N–H and O–H groups in total. The Morgan fingerprint density at radius 2 is 2.25 bits per heavy atom. The summed E-state index contributed by atoms with van der Waals surface area (Å²) < 4.78 is 31.0. The average Bonchev–Trinajstić information content (AvgIpc) is 2.29. The molecule has 88 valence electrons. The molecular formula is C12H15F2NO. The Bertz CT molecular complexity index is 358.